The molecular formula is C12H22O4. The van der Waals surface area contributed by atoms with Crippen molar-refractivity contribution >= 4 is 11.9 Å². The Morgan fingerprint density at radius 3 is 2.06 bits per heavy atom. The van der Waals surface area contributed by atoms with Gasteiger partial charge in [-0.25, -0.2) is 0 Å². The second-order valence-corrected chi connectivity index (χ2v) is 4.25. The van der Waals surface area contributed by atoms with Crippen LogP contribution in [0, 0.1) is 11.8 Å². The highest BCUT2D eigenvalue weighted by Gasteiger charge is 2.18. The third-order valence-corrected chi connectivity index (χ3v) is 2.78. The van der Waals surface area contributed by atoms with Crippen molar-refractivity contribution in [3.05, 3.63) is 0 Å². The Hall–Kier alpha value is -1.06. The van der Waals surface area contributed by atoms with Gasteiger partial charge in [-0.1, -0.05) is 13.8 Å². The Balaban J connectivity index is 3.95. The van der Waals surface area contributed by atoms with Gasteiger partial charge >= 0.3 is 11.9 Å². The number of methoxy groups -OCH3 is 2. The predicted octanol–water partition coefficient (Wildman–Crippen LogP) is 2.17. The van der Waals surface area contributed by atoms with Crippen LogP contribution in [0.3, 0.4) is 0 Å². The molecule has 0 N–H and O–H groups in total. The first-order valence-corrected chi connectivity index (χ1v) is 5.64. The summed E-state index contributed by atoms with van der Waals surface area (Å²) in [6.45, 7) is 4.15. The van der Waals surface area contributed by atoms with Crippen molar-refractivity contribution in [2.75, 3.05) is 14.2 Å². The smallest absolute Gasteiger partial charge is 0.305 e. The van der Waals surface area contributed by atoms with Gasteiger partial charge in [0.15, 0.2) is 0 Å². The van der Waals surface area contributed by atoms with Crippen molar-refractivity contribution in [2.45, 2.75) is 39.5 Å². The molecule has 0 unspecified atom stereocenters. The fraction of sp³-hybridized carbons (Fsp3) is 0.833. The van der Waals surface area contributed by atoms with Gasteiger partial charge in [0.2, 0.25) is 0 Å². The van der Waals surface area contributed by atoms with Crippen molar-refractivity contribution in [2.24, 2.45) is 11.8 Å². The SMILES string of the molecule is COC(=O)CCC[C@H](CC(=O)OC)C(C)C. The van der Waals surface area contributed by atoms with E-state index in [1.165, 1.54) is 14.2 Å². The average Bonchev–Trinajstić information content (AvgIpc) is 2.26. The molecule has 0 saturated heterocycles. The molecule has 0 saturated carbocycles. The Labute approximate surface area is 97.3 Å². The minimum atomic E-state index is -0.194. The lowest BCUT2D eigenvalue weighted by Gasteiger charge is -2.19. The Morgan fingerprint density at radius 2 is 1.62 bits per heavy atom. The van der Waals surface area contributed by atoms with Gasteiger partial charge in [-0.3, -0.25) is 9.59 Å². The van der Waals surface area contributed by atoms with E-state index in [1.54, 1.807) is 0 Å². The maximum Gasteiger partial charge on any atom is 0.305 e. The molecule has 0 heterocycles. The first-order valence-electron chi connectivity index (χ1n) is 5.64. The van der Waals surface area contributed by atoms with E-state index in [0.717, 1.165) is 12.8 Å². The van der Waals surface area contributed by atoms with Gasteiger partial charge in [0.05, 0.1) is 14.2 Å². The van der Waals surface area contributed by atoms with Crippen LogP contribution in [0.4, 0.5) is 0 Å². The summed E-state index contributed by atoms with van der Waals surface area (Å²) in [6, 6.07) is 0. The lowest BCUT2D eigenvalue weighted by atomic mass is 9.88. The Morgan fingerprint density at radius 1 is 1.06 bits per heavy atom. The van der Waals surface area contributed by atoms with Crippen LogP contribution in [0.2, 0.25) is 0 Å². The minimum absolute atomic E-state index is 0.184. The van der Waals surface area contributed by atoms with E-state index in [9.17, 15) is 9.59 Å². The van der Waals surface area contributed by atoms with Crippen molar-refractivity contribution in [3.8, 4) is 0 Å². The maximum absolute atomic E-state index is 11.2. The van der Waals surface area contributed by atoms with Crippen LogP contribution < -0.4 is 0 Å². The van der Waals surface area contributed by atoms with Crippen LogP contribution >= 0.6 is 0 Å². The second-order valence-electron chi connectivity index (χ2n) is 4.25. The van der Waals surface area contributed by atoms with Gasteiger partial charge in [-0.05, 0) is 24.7 Å². The van der Waals surface area contributed by atoms with Crippen molar-refractivity contribution in [3.63, 3.8) is 0 Å². The summed E-state index contributed by atoms with van der Waals surface area (Å²) in [5.74, 6) is 0.311. The van der Waals surface area contributed by atoms with Crippen molar-refractivity contribution in [1.82, 2.24) is 0 Å². The molecule has 0 aliphatic carbocycles. The predicted molar refractivity (Wildman–Crippen MR) is 60.8 cm³/mol. The van der Waals surface area contributed by atoms with Crippen LogP contribution in [0.25, 0.3) is 0 Å². The minimum Gasteiger partial charge on any atom is -0.469 e. The largest absolute Gasteiger partial charge is 0.469 e. The maximum atomic E-state index is 11.2. The molecule has 0 aromatic carbocycles. The van der Waals surface area contributed by atoms with E-state index in [-0.39, 0.29) is 17.9 Å². The van der Waals surface area contributed by atoms with Crippen molar-refractivity contribution < 1.29 is 19.1 Å². The summed E-state index contributed by atoms with van der Waals surface area (Å²) < 4.78 is 9.21. The number of esters is 2. The molecular weight excluding hydrogens is 208 g/mol. The molecule has 0 bridgehead atoms. The Bertz CT molecular complexity index is 223. The van der Waals surface area contributed by atoms with Gasteiger partial charge in [0, 0.05) is 12.8 Å². The number of hydrogen-bond acceptors (Lipinski definition) is 4. The summed E-state index contributed by atoms with van der Waals surface area (Å²) in [4.78, 5) is 22.1. The molecule has 4 heteroatoms. The van der Waals surface area contributed by atoms with E-state index < -0.39 is 0 Å². The number of rotatable bonds is 7. The molecule has 1 atom stereocenters. The van der Waals surface area contributed by atoms with Crippen LogP contribution in [-0.4, -0.2) is 26.2 Å². The van der Waals surface area contributed by atoms with Gasteiger partial charge in [-0.2, -0.15) is 0 Å². The highest BCUT2D eigenvalue weighted by Crippen LogP contribution is 2.22. The number of hydrogen-bond donors (Lipinski definition) is 0. The third kappa shape index (κ3) is 6.43. The van der Waals surface area contributed by atoms with Crippen LogP contribution in [-0.2, 0) is 19.1 Å². The normalized spacial score (nSPS) is 12.3. The second kappa shape index (κ2) is 8.13. The summed E-state index contributed by atoms with van der Waals surface area (Å²) in [6.07, 6.45) is 2.45. The summed E-state index contributed by atoms with van der Waals surface area (Å²) in [7, 11) is 2.78. The third-order valence-electron chi connectivity index (χ3n) is 2.78. The molecule has 16 heavy (non-hydrogen) atoms. The first kappa shape index (κ1) is 14.9. The Kier molecular flexibility index (Phi) is 7.60. The molecule has 0 aliphatic heterocycles. The molecule has 0 spiro atoms. The van der Waals surface area contributed by atoms with Gasteiger partial charge in [-0.15, -0.1) is 0 Å². The average molecular weight is 230 g/mol. The van der Waals surface area contributed by atoms with E-state index in [4.69, 9.17) is 0 Å². The zero-order valence-electron chi connectivity index (χ0n) is 10.6. The van der Waals surface area contributed by atoms with E-state index in [0.29, 0.717) is 18.8 Å². The monoisotopic (exact) mass is 230 g/mol. The number of carbonyl (C=O) groups is 2. The highest BCUT2D eigenvalue weighted by atomic mass is 16.5. The van der Waals surface area contributed by atoms with Crippen LogP contribution in [0.1, 0.15) is 39.5 Å². The van der Waals surface area contributed by atoms with E-state index in [2.05, 4.69) is 23.3 Å². The molecule has 0 aliphatic rings. The molecule has 0 rings (SSSR count). The van der Waals surface area contributed by atoms with Crippen LogP contribution in [0.15, 0.2) is 0 Å². The fourth-order valence-electron chi connectivity index (χ4n) is 1.58. The molecule has 0 aromatic heterocycles. The molecule has 0 amide bonds. The van der Waals surface area contributed by atoms with Gasteiger partial charge < -0.3 is 9.47 Å². The quantitative estimate of drug-likeness (QED) is 0.629. The van der Waals surface area contributed by atoms with Gasteiger partial charge in [0.25, 0.3) is 0 Å². The molecule has 4 nitrogen and oxygen atoms in total. The topological polar surface area (TPSA) is 52.6 Å². The standard InChI is InChI=1S/C12H22O4/c1-9(2)10(8-12(14)16-4)6-5-7-11(13)15-3/h9-10H,5-8H2,1-4H3/t10-/m1/s1. The molecule has 0 radical (unpaired) electrons. The van der Waals surface area contributed by atoms with Crippen molar-refractivity contribution in [1.29, 1.82) is 0 Å². The van der Waals surface area contributed by atoms with E-state index >= 15 is 0 Å². The number of carbonyl (C=O) groups excluding carboxylic acids is 2. The van der Waals surface area contributed by atoms with E-state index in [1.807, 2.05) is 0 Å². The summed E-state index contributed by atoms with van der Waals surface area (Å²) in [5, 5.41) is 0. The lowest BCUT2D eigenvalue weighted by molar-refractivity contribution is -0.142. The van der Waals surface area contributed by atoms with Gasteiger partial charge in [0.1, 0.15) is 0 Å². The highest BCUT2D eigenvalue weighted by molar-refractivity contribution is 5.70. The molecule has 0 fully saturated rings. The fourth-order valence-corrected chi connectivity index (χ4v) is 1.58. The lowest BCUT2D eigenvalue weighted by Crippen LogP contribution is -2.16. The summed E-state index contributed by atoms with van der Waals surface area (Å²) >= 11 is 0. The zero-order chi connectivity index (χ0) is 12.6. The zero-order valence-corrected chi connectivity index (χ0v) is 10.6. The number of ether oxygens (including phenoxy) is 2. The molecule has 94 valence electrons. The molecule has 0 aromatic rings. The first-order chi connectivity index (χ1) is 7.51. The van der Waals surface area contributed by atoms with Crippen LogP contribution in [0.5, 0.6) is 0 Å². The summed E-state index contributed by atoms with van der Waals surface area (Å²) in [5.41, 5.74) is 0.